The van der Waals surface area contributed by atoms with Crippen molar-refractivity contribution >= 4 is 17.3 Å². The van der Waals surface area contributed by atoms with Gasteiger partial charge in [-0.2, -0.15) is 4.98 Å². The number of fused-ring (bicyclic) bond motifs is 1. The zero-order valence-corrected chi connectivity index (χ0v) is 20.4. The smallest absolute Gasteiger partial charge is 0.337 e. The van der Waals surface area contributed by atoms with E-state index in [0.29, 0.717) is 54.5 Å². The average Bonchev–Trinajstić information content (AvgIpc) is 3.32. The zero-order chi connectivity index (χ0) is 24.9. The topological polar surface area (TPSA) is 87.6 Å². The lowest BCUT2D eigenvalue weighted by molar-refractivity contribution is 0.0600. The Morgan fingerprint density at radius 1 is 0.971 bits per heavy atom. The monoisotopic (exact) mass is 472 g/mol. The summed E-state index contributed by atoms with van der Waals surface area (Å²) in [4.78, 5) is 33.4. The van der Waals surface area contributed by atoms with E-state index >= 15 is 0 Å². The maximum absolute atomic E-state index is 12.1. The van der Waals surface area contributed by atoms with Crippen molar-refractivity contribution in [1.82, 2.24) is 9.97 Å². The van der Waals surface area contributed by atoms with Crippen molar-refractivity contribution in [3.8, 4) is 11.6 Å². The number of esters is 1. The molecule has 0 fully saturated rings. The number of nitrogens with zero attached hydrogens (tertiary/aromatic N) is 2. The van der Waals surface area contributed by atoms with Gasteiger partial charge in [0.25, 0.3) is 0 Å². The van der Waals surface area contributed by atoms with E-state index in [1.807, 2.05) is 38.1 Å². The van der Waals surface area contributed by atoms with Crippen LogP contribution >= 0.6 is 0 Å². The molecule has 7 heteroatoms. The number of ketones is 1. The molecule has 35 heavy (non-hydrogen) atoms. The highest BCUT2D eigenvalue weighted by Gasteiger charge is 2.25. The van der Waals surface area contributed by atoms with Crippen molar-refractivity contribution in [3.05, 3.63) is 87.9 Å². The molecule has 0 saturated heterocycles. The summed E-state index contributed by atoms with van der Waals surface area (Å²) in [6, 6.07) is 12.8. The molecular formula is C28H28N2O5. The number of aromatic nitrogens is 2. The molecule has 1 aliphatic carbocycles. The molecule has 0 aliphatic heterocycles. The number of hydrogen-bond acceptors (Lipinski definition) is 7. The van der Waals surface area contributed by atoms with Crippen LogP contribution in [-0.4, -0.2) is 42.5 Å². The van der Waals surface area contributed by atoms with Crippen LogP contribution in [0, 0.1) is 0 Å². The summed E-state index contributed by atoms with van der Waals surface area (Å²) in [5.41, 5.74) is 5.71. The number of ether oxygens (including phenoxy) is 3. The quantitative estimate of drug-likeness (QED) is 0.325. The van der Waals surface area contributed by atoms with Crippen molar-refractivity contribution in [2.75, 3.05) is 20.8 Å². The second-order valence-corrected chi connectivity index (χ2v) is 8.07. The van der Waals surface area contributed by atoms with E-state index < -0.39 is 0 Å². The van der Waals surface area contributed by atoms with Gasteiger partial charge in [0.05, 0.1) is 37.6 Å². The molecule has 180 valence electrons. The first-order valence-electron chi connectivity index (χ1n) is 11.6. The minimum Gasteiger partial charge on any atom is -0.496 e. The Kier molecular flexibility index (Phi) is 7.25. The van der Waals surface area contributed by atoms with Crippen molar-refractivity contribution in [2.24, 2.45) is 0 Å². The standard InChI is InChI=1S/C28H28N2O5/c1-5-23(31)19-11-12-20(24(15-19)33-3)16-25-29-22-14-13-21(26(22)27(30-25)35-6-2)17-7-9-18(10-8-17)28(32)34-4/h7-13,15H,5-6,14,16H2,1-4H3. The second-order valence-electron chi connectivity index (χ2n) is 8.07. The first-order valence-corrected chi connectivity index (χ1v) is 11.6. The minimum absolute atomic E-state index is 0.0699. The third-order valence-electron chi connectivity index (χ3n) is 5.94. The Labute approximate surface area is 204 Å². The molecule has 2 aromatic carbocycles. The SMILES string of the molecule is CCOc1nc(Cc2ccc(C(=O)CC)cc2OC)nc2c1C(c1ccc(C(=O)OC)cc1)=CC2. The molecule has 0 amide bonds. The Morgan fingerprint density at radius 2 is 1.71 bits per heavy atom. The van der Waals surface area contributed by atoms with Crippen molar-refractivity contribution in [3.63, 3.8) is 0 Å². The summed E-state index contributed by atoms with van der Waals surface area (Å²) in [6.45, 7) is 4.23. The Morgan fingerprint density at radius 3 is 2.37 bits per heavy atom. The molecule has 1 aliphatic rings. The van der Waals surface area contributed by atoms with E-state index in [-0.39, 0.29) is 11.8 Å². The van der Waals surface area contributed by atoms with E-state index in [4.69, 9.17) is 24.2 Å². The van der Waals surface area contributed by atoms with Crippen LogP contribution < -0.4 is 9.47 Å². The first kappa shape index (κ1) is 24.1. The van der Waals surface area contributed by atoms with Crippen LogP contribution in [0.25, 0.3) is 5.57 Å². The molecule has 7 nitrogen and oxygen atoms in total. The maximum atomic E-state index is 12.1. The fourth-order valence-electron chi connectivity index (χ4n) is 4.18. The summed E-state index contributed by atoms with van der Waals surface area (Å²) >= 11 is 0. The van der Waals surface area contributed by atoms with E-state index in [1.165, 1.54) is 7.11 Å². The predicted molar refractivity (Wildman–Crippen MR) is 132 cm³/mol. The number of rotatable bonds is 9. The number of allylic oxidation sites excluding steroid dienone is 1. The van der Waals surface area contributed by atoms with Gasteiger partial charge in [0.15, 0.2) is 5.78 Å². The first-order chi connectivity index (χ1) is 17.0. The van der Waals surface area contributed by atoms with Gasteiger partial charge in [-0.15, -0.1) is 0 Å². The van der Waals surface area contributed by atoms with Gasteiger partial charge in [0.1, 0.15) is 11.6 Å². The van der Waals surface area contributed by atoms with Crippen molar-refractivity contribution in [2.45, 2.75) is 33.1 Å². The van der Waals surface area contributed by atoms with Gasteiger partial charge in [0.2, 0.25) is 5.88 Å². The maximum Gasteiger partial charge on any atom is 0.337 e. The second kappa shape index (κ2) is 10.5. The summed E-state index contributed by atoms with van der Waals surface area (Å²) in [5.74, 6) is 1.49. The van der Waals surface area contributed by atoms with E-state index in [0.717, 1.165) is 28.0 Å². The number of methoxy groups -OCH3 is 2. The fourth-order valence-corrected chi connectivity index (χ4v) is 4.18. The Bertz CT molecular complexity index is 1300. The number of benzene rings is 2. The largest absolute Gasteiger partial charge is 0.496 e. The predicted octanol–water partition coefficient (Wildman–Crippen LogP) is 4.84. The average molecular weight is 473 g/mol. The van der Waals surface area contributed by atoms with Crippen molar-refractivity contribution in [1.29, 1.82) is 0 Å². The van der Waals surface area contributed by atoms with Crippen molar-refractivity contribution < 1.29 is 23.8 Å². The number of Topliss-reactive ketones (excluding diaryl/α,β-unsaturated/α-hetero) is 1. The van der Waals surface area contributed by atoms with Crippen LogP contribution in [0.4, 0.5) is 0 Å². The third kappa shape index (κ3) is 4.94. The summed E-state index contributed by atoms with van der Waals surface area (Å²) in [7, 11) is 2.96. The van der Waals surface area contributed by atoms with E-state index in [9.17, 15) is 9.59 Å². The van der Waals surface area contributed by atoms with Crippen LogP contribution in [0.3, 0.4) is 0 Å². The molecule has 0 atom stereocenters. The minimum atomic E-state index is -0.372. The molecule has 0 saturated carbocycles. The van der Waals surface area contributed by atoms with Gasteiger partial charge >= 0.3 is 5.97 Å². The molecule has 0 N–H and O–H groups in total. The normalized spacial score (nSPS) is 12.1. The van der Waals surface area contributed by atoms with Crippen LogP contribution in [-0.2, 0) is 17.6 Å². The van der Waals surface area contributed by atoms with E-state index in [2.05, 4.69) is 6.08 Å². The van der Waals surface area contributed by atoms with Gasteiger partial charge in [0, 0.05) is 30.4 Å². The van der Waals surface area contributed by atoms with Gasteiger partial charge in [-0.1, -0.05) is 37.3 Å². The van der Waals surface area contributed by atoms with Gasteiger partial charge in [-0.05, 0) is 36.3 Å². The number of carbonyl (C=O) groups excluding carboxylic acids is 2. The molecular weight excluding hydrogens is 444 g/mol. The fraction of sp³-hybridized carbons (Fsp3) is 0.286. The van der Waals surface area contributed by atoms with Gasteiger partial charge in [-0.25, -0.2) is 9.78 Å². The highest BCUT2D eigenvalue weighted by Crippen LogP contribution is 2.38. The van der Waals surface area contributed by atoms with E-state index in [1.54, 1.807) is 25.3 Å². The molecule has 1 aromatic heterocycles. The lowest BCUT2D eigenvalue weighted by atomic mass is 10.00. The number of carbonyl (C=O) groups is 2. The molecule has 0 unspecified atom stereocenters. The molecule has 0 spiro atoms. The Balaban J connectivity index is 1.66. The van der Waals surface area contributed by atoms with Crippen LogP contribution in [0.5, 0.6) is 11.6 Å². The Hall–Kier alpha value is -4.00. The highest BCUT2D eigenvalue weighted by molar-refractivity contribution is 5.96. The van der Waals surface area contributed by atoms with Crippen LogP contribution in [0.1, 0.15) is 69.2 Å². The number of hydrogen-bond donors (Lipinski definition) is 0. The van der Waals surface area contributed by atoms with Crippen LogP contribution in [0.15, 0.2) is 48.5 Å². The highest BCUT2D eigenvalue weighted by atomic mass is 16.5. The third-order valence-corrected chi connectivity index (χ3v) is 5.94. The lowest BCUT2D eigenvalue weighted by Crippen LogP contribution is -2.08. The molecule has 3 aromatic rings. The molecule has 4 rings (SSSR count). The molecule has 0 radical (unpaired) electrons. The summed E-state index contributed by atoms with van der Waals surface area (Å²) in [5, 5.41) is 0. The van der Waals surface area contributed by atoms with Crippen LogP contribution in [0.2, 0.25) is 0 Å². The molecule has 1 heterocycles. The lowest BCUT2D eigenvalue weighted by Gasteiger charge is -2.15. The van der Waals surface area contributed by atoms with Gasteiger partial charge in [-0.3, -0.25) is 4.79 Å². The van der Waals surface area contributed by atoms with Gasteiger partial charge < -0.3 is 14.2 Å². The summed E-state index contributed by atoms with van der Waals surface area (Å²) in [6.07, 6.45) is 3.64. The molecule has 0 bridgehead atoms. The summed E-state index contributed by atoms with van der Waals surface area (Å²) < 4.78 is 16.3. The zero-order valence-electron chi connectivity index (χ0n) is 20.4.